The minimum Gasteiger partial charge on any atom is -0.466 e. The van der Waals surface area contributed by atoms with Crippen molar-refractivity contribution < 1.29 is 36.6 Å². The summed E-state index contributed by atoms with van der Waals surface area (Å²) in [5.41, 5.74) is -2.05. The van der Waals surface area contributed by atoms with E-state index < -0.39 is 40.6 Å². The second-order valence-corrected chi connectivity index (χ2v) is 6.90. The van der Waals surface area contributed by atoms with Crippen LogP contribution in [0.1, 0.15) is 36.2 Å². The van der Waals surface area contributed by atoms with Crippen LogP contribution in [-0.2, 0) is 20.4 Å². The Labute approximate surface area is 178 Å². The van der Waals surface area contributed by atoms with E-state index in [2.05, 4.69) is 4.98 Å². The third-order valence-corrected chi connectivity index (χ3v) is 4.37. The van der Waals surface area contributed by atoms with Crippen LogP contribution in [0.25, 0.3) is 11.3 Å². The molecule has 1 aromatic carbocycles. The molecule has 0 N–H and O–H groups in total. The summed E-state index contributed by atoms with van der Waals surface area (Å²) >= 11 is 11.8. The number of aromatic nitrogens is 1. The summed E-state index contributed by atoms with van der Waals surface area (Å²) in [6.45, 7) is 3.23. The lowest BCUT2D eigenvalue weighted by Gasteiger charge is -2.15. The van der Waals surface area contributed by atoms with Gasteiger partial charge in [-0.15, -0.1) is 0 Å². The van der Waals surface area contributed by atoms with Crippen LogP contribution in [0.3, 0.4) is 0 Å². The number of esters is 2. The van der Waals surface area contributed by atoms with Crippen LogP contribution in [-0.4, -0.2) is 29.6 Å². The molecule has 0 spiro atoms. The third-order valence-electron chi connectivity index (χ3n) is 3.77. The molecule has 0 bridgehead atoms. The van der Waals surface area contributed by atoms with E-state index in [4.69, 9.17) is 32.7 Å². The lowest BCUT2D eigenvalue weighted by Crippen LogP contribution is -2.20. The third kappa shape index (κ3) is 5.82. The minimum absolute atomic E-state index is 0.160. The fourth-order valence-electron chi connectivity index (χ4n) is 2.42. The summed E-state index contributed by atoms with van der Waals surface area (Å²) in [5.74, 6) is -2.50. The number of carbonyl (C=O) groups excluding carboxylic acids is 2. The Morgan fingerprint density at radius 1 is 1.17 bits per heavy atom. The monoisotopic (exact) mass is 467 g/mol. The summed E-state index contributed by atoms with van der Waals surface area (Å²) in [6.07, 6.45) is -5.27. The summed E-state index contributed by atoms with van der Waals surface area (Å²) in [5, 5.41) is -0.770. The predicted octanol–water partition coefficient (Wildman–Crippen LogP) is 5.71. The highest BCUT2D eigenvalue weighted by molar-refractivity contribution is 6.34. The number of ether oxygens (including phenoxy) is 2. The first-order chi connectivity index (χ1) is 13.9. The quantitative estimate of drug-likeness (QED) is 0.402. The molecular weight excluding hydrogens is 453 g/mol. The number of hydrogen-bond acceptors (Lipinski definition) is 5. The molecule has 0 radical (unpaired) electrons. The lowest BCUT2D eigenvalue weighted by molar-refractivity contribution is -0.145. The van der Waals surface area contributed by atoms with Gasteiger partial charge < -0.3 is 9.47 Å². The van der Waals surface area contributed by atoms with Crippen molar-refractivity contribution >= 4 is 35.1 Å². The maximum Gasteiger partial charge on any atom is 0.417 e. The molecule has 0 aliphatic heterocycles. The molecule has 2 rings (SSSR count). The number of hydrogen-bond donors (Lipinski definition) is 0. The predicted molar refractivity (Wildman–Crippen MR) is 101 cm³/mol. The van der Waals surface area contributed by atoms with Crippen molar-refractivity contribution in [1.29, 1.82) is 0 Å². The number of alkyl halides is 3. The van der Waals surface area contributed by atoms with Crippen molar-refractivity contribution in [3.05, 3.63) is 51.4 Å². The highest BCUT2D eigenvalue weighted by Crippen LogP contribution is 2.36. The van der Waals surface area contributed by atoms with Crippen LogP contribution in [0.4, 0.5) is 17.6 Å². The number of halogens is 6. The minimum atomic E-state index is -4.68. The van der Waals surface area contributed by atoms with Crippen molar-refractivity contribution in [1.82, 2.24) is 4.98 Å². The van der Waals surface area contributed by atoms with Gasteiger partial charge in [0.2, 0.25) is 0 Å². The molecule has 0 aliphatic carbocycles. The van der Waals surface area contributed by atoms with Crippen molar-refractivity contribution in [2.45, 2.75) is 32.5 Å². The van der Waals surface area contributed by atoms with Gasteiger partial charge in [-0.25, -0.2) is 9.18 Å². The first-order valence-corrected chi connectivity index (χ1v) is 9.28. The Morgan fingerprint density at radius 2 is 1.83 bits per heavy atom. The van der Waals surface area contributed by atoms with Crippen molar-refractivity contribution in [3.8, 4) is 11.3 Å². The normalized spacial score (nSPS) is 12.4. The Morgan fingerprint density at radius 3 is 2.40 bits per heavy atom. The number of carbonyl (C=O) groups is 2. The fourth-order valence-corrected chi connectivity index (χ4v) is 2.92. The molecule has 162 valence electrons. The van der Waals surface area contributed by atoms with Gasteiger partial charge in [0.15, 0.2) is 0 Å². The van der Waals surface area contributed by atoms with Gasteiger partial charge in [-0.2, -0.15) is 13.2 Å². The van der Waals surface area contributed by atoms with Crippen LogP contribution >= 0.6 is 23.2 Å². The van der Waals surface area contributed by atoms with Gasteiger partial charge >= 0.3 is 18.1 Å². The second-order valence-electron chi connectivity index (χ2n) is 6.09. The fraction of sp³-hybridized carbons (Fsp3) is 0.316. The summed E-state index contributed by atoms with van der Waals surface area (Å²) < 4.78 is 62.6. The van der Waals surface area contributed by atoms with Crippen LogP contribution in [0.2, 0.25) is 10.0 Å². The summed E-state index contributed by atoms with van der Waals surface area (Å²) in [7, 11) is 0. The number of nitrogens with zero attached hydrogens (tertiary/aromatic N) is 1. The molecule has 30 heavy (non-hydrogen) atoms. The molecule has 0 saturated heterocycles. The van der Waals surface area contributed by atoms with E-state index in [1.54, 1.807) is 6.92 Å². The average molecular weight is 468 g/mol. The van der Waals surface area contributed by atoms with Gasteiger partial charge in [-0.05, 0) is 32.0 Å². The molecule has 1 aromatic heterocycles. The molecule has 2 aromatic rings. The lowest BCUT2D eigenvalue weighted by atomic mass is 10.1. The van der Waals surface area contributed by atoms with Crippen molar-refractivity contribution in [2.24, 2.45) is 0 Å². The molecule has 0 amide bonds. The van der Waals surface area contributed by atoms with Gasteiger partial charge in [-0.1, -0.05) is 23.2 Å². The first-order valence-electron chi connectivity index (χ1n) is 8.52. The molecule has 5 nitrogen and oxygen atoms in total. The van der Waals surface area contributed by atoms with Gasteiger partial charge in [-0.3, -0.25) is 9.78 Å². The molecular formula is C19H15Cl2F4NO4. The maximum atomic E-state index is 14.4. The van der Waals surface area contributed by atoms with Gasteiger partial charge in [0.25, 0.3) is 0 Å². The Bertz CT molecular complexity index is 966. The van der Waals surface area contributed by atoms with Crippen LogP contribution in [0, 0.1) is 5.82 Å². The van der Waals surface area contributed by atoms with Crippen molar-refractivity contribution in [3.63, 3.8) is 0 Å². The topological polar surface area (TPSA) is 65.5 Å². The van der Waals surface area contributed by atoms with Gasteiger partial charge in [0, 0.05) is 11.8 Å². The number of benzene rings is 1. The molecule has 0 aliphatic rings. The molecule has 0 saturated carbocycles. The zero-order chi connectivity index (χ0) is 22.6. The van der Waals surface area contributed by atoms with Crippen molar-refractivity contribution in [2.75, 3.05) is 6.61 Å². The number of pyridine rings is 1. The smallest absolute Gasteiger partial charge is 0.417 e. The van der Waals surface area contributed by atoms with E-state index in [0.717, 1.165) is 12.1 Å². The zero-order valence-electron chi connectivity index (χ0n) is 15.6. The second kappa shape index (κ2) is 9.61. The molecule has 0 fully saturated rings. The zero-order valence-corrected chi connectivity index (χ0v) is 17.2. The highest BCUT2D eigenvalue weighted by Gasteiger charge is 2.32. The molecule has 1 heterocycles. The van der Waals surface area contributed by atoms with E-state index in [1.165, 1.54) is 6.92 Å². The van der Waals surface area contributed by atoms with E-state index >= 15 is 0 Å². The molecule has 0 unspecified atom stereocenters. The molecule has 11 heteroatoms. The Balaban J connectivity index is 2.34. The van der Waals surface area contributed by atoms with Crippen LogP contribution < -0.4 is 0 Å². The summed E-state index contributed by atoms with van der Waals surface area (Å²) in [6, 6.07) is 2.36. The van der Waals surface area contributed by atoms with E-state index in [0.29, 0.717) is 12.3 Å². The van der Waals surface area contributed by atoms with Crippen LogP contribution in [0.5, 0.6) is 0 Å². The standard InChI is InChI=1S/C19H15Cl2F4NO4/c1-3-29-16(27)4-9(2)30-18(28)11-6-12(15(22)7-13(11)20)17-14(21)5-10(8-26-17)19(23,24)25/h5-9H,3-4H2,1-2H3/t9-/m0/s1. The van der Waals surface area contributed by atoms with Gasteiger partial charge in [0.1, 0.15) is 11.9 Å². The van der Waals surface area contributed by atoms with E-state index in [1.807, 2.05) is 0 Å². The van der Waals surface area contributed by atoms with E-state index in [-0.39, 0.29) is 34.9 Å². The first kappa shape index (κ1) is 23.9. The van der Waals surface area contributed by atoms with Crippen LogP contribution in [0.15, 0.2) is 24.4 Å². The number of rotatable bonds is 6. The highest BCUT2D eigenvalue weighted by atomic mass is 35.5. The largest absolute Gasteiger partial charge is 0.466 e. The Hall–Kier alpha value is -2.39. The Kier molecular flexibility index (Phi) is 7.65. The van der Waals surface area contributed by atoms with Gasteiger partial charge in [0.05, 0.1) is 39.9 Å². The maximum absolute atomic E-state index is 14.4. The summed E-state index contributed by atoms with van der Waals surface area (Å²) in [4.78, 5) is 27.4. The SMILES string of the molecule is CCOC(=O)C[C@H](C)OC(=O)c1cc(-c2ncc(C(F)(F)F)cc2Cl)c(F)cc1Cl. The van der Waals surface area contributed by atoms with E-state index in [9.17, 15) is 27.2 Å². The average Bonchev–Trinajstić information content (AvgIpc) is 2.61. The molecule has 1 atom stereocenters.